The molecule has 3 aromatic rings. The van der Waals surface area contributed by atoms with E-state index < -0.39 is 5.91 Å². The summed E-state index contributed by atoms with van der Waals surface area (Å²) in [6.45, 7) is 5.94. The van der Waals surface area contributed by atoms with E-state index in [4.69, 9.17) is 4.98 Å². The summed E-state index contributed by atoms with van der Waals surface area (Å²) in [6.07, 6.45) is 5.18. The second-order valence-corrected chi connectivity index (χ2v) is 8.57. The van der Waals surface area contributed by atoms with Crippen LogP contribution in [0.25, 0.3) is 11.7 Å². The Morgan fingerprint density at radius 3 is 2.79 bits per heavy atom. The Morgan fingerprint density at radius 1 is 1.27 bits per heavy atom. The average Bonchev–Trinajstić information content (AvgIpc) is 2.83. The van der Waals surface area contributed by atoms with Crippen molar-refractivity contribution in [3.63, 3.8) is 0 Å². The van der Waals surface area contributed by atoms with Crippen molar-refractivity contribution < 1.29 is 4.79 Å². The van der Waals surface area contributed by atoms with E-state index in [2.05, 4.69) is 17.1 Å². The van der Waals surface area contributed by atoms with Crippen molar-refractivity contribution in [2.24, 2.45) is 5.92 Å². The van der Waals surface area contributed by atoms with E-state index in [9.17, 15) is 14.9 Å². The number of fused-ring (bicyclic) bond motifs is 1. The number of nitriles is 1. The summed E-state index contributed by atoms with van der Waals surface area (Å²) in [4.78, 5) is 33.2. The number of benzene rings is 1. The standard InChI is InChI=1S/C26H27N5O2/c1-18-8-6-12-30(17-18)24-22(26(33)31-13-7-9-19(2)23(31)29-24)14-21(15-27)25(32)28-16-20-10-4-3-5-11-20/h3-5,7,9-11,13-14,18H,6,8,12,16-17H2,1-2H3,(H,28,32)/b21-14+/t18-/m1/s1. The van der Waals surface area contributed by atoms with Crippen LogP contribution in [0.15, 0.2) is 59.0 Å². The van der Waals surface area contributed by atoms with Gasteiger partial charge >= 0.3 is 0 Å². The van der Waals surface area contributed by atoms with Gasteiger partial charge in [0, 0.05) is 25.8 Å². The summed E-state index contributed by atoms with van der Waals surface area (Å²) in [6, 6.07) is 15.1. The van der Waals surface area contributed by atoms with Crippen molar-refractivity contribution in [2.75, 3.05) is 18.0 Å². The molecule has 1 saturated heterocycles. The number of nitrogens with zero attached hydrogens (tertiary/aromatic N) is 4. The molecule has 4 rings (SSSR count). The Morgan fingerprint density at radius 2 is 2.06 bits per heavy atom. The number of amides is 1. The smallest absolute Gasteiger partial charge is 0.267 e. The fraction of sp³-hybridized carbons (Fsp3) is 0.308. The number of carbonyl (C=O) groups excluding carboxylic acids is 1. The number of hydrogen-bond acceptors (Lipinski definition) is 5. The third kappa shape index (κ3) is 4.80. The number of nitrogens with one attached hydrogen (secondary N) is 1. The van der Waals surface area contributed by atoms with Crippen molar-refractivity contribution in [1.82, 2.24) is 14.7 Å². The van der Waals surface area contributed by atoms with E-state index >= 15 is 0 Å². The minimum absolute atomic E-state index is 0.122. The van der Waals surface area contributed by atoms with Gasteiger partial charge in [0.15, 0.2) is 0 Å². The van der Waals surface area contributed by atoms with Gasteiger partial charge in [-0.2, -0.15) is 5.26 Å². The summed E-state index contributed by atoms with van der Waals surface area (Å²) in [7, 11) is 0. The van der Waals surface area contributed by atoms with Crippen LogP contribution in [-0.4, -0.2) is 28.4 Å². The topological polar surface area (TPSA) is 90.5 Å². The molecule has 0 spiro atoms. The first kappa shape index (κ1) is 22.3. The predicted octanol–water partition coefficient (Wildman–Crippen LogP) is 3.46. The summed E-state index contributed by atoms with van der Waals surface area (Å²) in [5, 5.41) is 12.5. The fourth-order valence-electron chi connectivity index (χ4n) is 4.22. The van der Waals surface area contributed by atoms with E-state index in [0.29, 0.717) is 23.9 Å². The van der Waals surface area contributed by atoms with E-state index in [1.165, 1.54) is 10.5 Å². The summed E-state index contributed by atoms with van der Waals surface area (Å²) >= 11 is 0. The zero-order valence-electron chi connectivity index (χ0n) is 18.9. The SMILES string of the molecule is Cc1cccn2c(=O)c(/C=C(\C#N)C(=O)NCc3ccccc3)c(N3CCC[C@@H](C)C3)nc12. The Hall–Kier alpha value is -3.92. The predicted molar refractivity (Wildman–Crippen MR) is 129 cm³/mol. The van der Waals surface area contributed by atoms with Gasteiger partial charge in [-0.3, -0.25) is 14.0 Å². The van der Waals surface area contributed by atoms with Crippen molar-refractivity contribution in [3.8, 4) is 6.07 Å². The molecule has 1 fully saturated rings. The van der Waals surface area contributed by atoms with Gasteiger partial charge in [-0.05, 0) is 49.0 Å². The first-order chi connectivity index (χ1) is 16.0. The lowest BCUT2D eigenvalue weighted by atomic mass is 10.00. The number of hydrogen-bond donors (Lipinski definition) is 1. The van der Waals surface area contributed by atoms with Gasteiger partial charge in [-0.1, -0.05) is 43.3 Å². The normalized spacial score (nSPS) is 16.5. The molecule has 1 N–H and O–H groups in total. The van der Waals surface area contributed by atoms with Gasteiger partial charge in [-0.15, -0.1) is 0 Å². The van der Waals surface area contributed by atoms with Crippen molar-refractivity contribution in [1.29, 1.82) is 5.26 Å². The number of aryl methyl sites for hydroxylation is 1. The van der Waals surface area contributed by atoms with Gasteiger partial charge in [0.1, 0.15) is 23.1 Å². The highest BCUT2D eigenvalue weighted by Gasteiger charge is 2.24. The number of aromatic nitrogens is 2. The van der Waals surface area contributed by atoms with Gasteiger partial charge in [0.05, 0.1) is 5.56 Å². The molecule has 7 heteroatoms. The van der Waals surface area contributed by atoms with Crippen LogP contribution in [0.3, 0.4) is 0 Å². The number of anilines is 1. The third-order valence-corrected chi connectivity index (χ3v) is 5.97. The molecule has 33 heavy (non-hydrogen) atoms. The molecular formula is C26H27N5O2. The molecule has 0 unspecified atom stereocenters. The third-order valence-electron chi connectivity index (χ3n) is 5.97. The summed E-state index contributed by atoms with van der Waals surface area (Å²) in [5.74, 6) is 0.481. The van der Waals surface area contributed by atoms with Crippen LogP contribution in [-0.2, 0) is 11.3 Å². The van der Waals surface area contributed by atoms with Gasteiger partial charge in [-0.25, -0.2) is 4.98 Å². The first-order valence-electron chi connectivity index (χ1n) is 11.2. The Labute approximate surface area is 193 Å². The minimum Gasteiger partial charge on any atom is -0.356 e. The molecule has 1 atom stereocenters. The van der Waals surface area contributed by atoms with Crippen molar-refractivity contribution >= 4 is 23.4 Å². The zero-order chi connectivity index (χ0) is 23.4. The van der Waals surface area contributed by atoms with E-state index in [1.807, 2.05) is 49.4 Å². The molecule has 0 saturated carbocycles. The van der Waals surface area contributed by atoms with Gasteiger partial charge in [0.2, 0.25) is 0 Å². The highest BCUT2D eigenvalue weighted by molar-refractivity contribution is 6.02. The maximum absolute atomic E-state index is 13.5. The lowest BCUT2D eigenvalue weighted by Gasteiger charge is -2.32. The highest BCUT2D eigenvalue weighted by Crippen LogP contribution is 2.25. The second kappa shape index (κ2) is 9.70. The monoisotopic (exact) mass is 441 g/mol. The van der Waals surface area contributed by atoms with E-state index in [-0.39, 0.29) is 16.7 Å². The summed E-state index contributed by atoms with van der Waals surface area (Å²) in [5.41, 5.74) is 2.24. The molecule has 7 nitrogen and oxygen atoms in total. The quantitative estimate of drug-likeness (QED) is 0.484. The van der Waals surface area contributed by atoms with Crippen LogP contribution in [0.4, 0.5) is 5.82 Å². The lowest BCUT2D eigenvalue weighted by molar-refractivity contribution is -0.117. The molecule has 1 aliphatic rings. The highest BCUT2D eigenvalue weighted by atomic mass is 16.1. The second-order valence-electron chi connectivity index (χ2n) is 8.57. The maximum Gasteiger partial charge on any atom is 0.267 e. The van der Waals surface area contributed by atoms with E-state index in [1.54, 1.807) is 12.3 Å². The molecule has 3 heterocycles. The molecule has 1 aliphatic heterocycles. The van der Waals surface area contributed by atoms with Crippen LogP contribution >= 0.6 is 0 Å². The Balaban J connectivity index is 1.77. The summed E-state index contributed by atoms with van der Waals surface area (Å²) < 4.78 is 1.48. The fourth-order valence-corrected chi connectivity index (χ4v) is 4.22. The molecular weight excluding hydrogens is 414 g/mol. The van der Waals surface area contributed by atoms with Crippen LogP contribution in [0.5, 0.6) is 0 Å². The molecule has 1 aromatic carbocycles. The van der Waals surface area contributed by atoms with Crippen LogP contribution in [0, 0.1) is 24.2 Å². The molecule has 2 aromatic heterocycles. The minimum atomic E-state index is -0.520. The molecule has 168 valence electrons. The number of piperidine rings is 1. The van der Waals surface area contributed by atoms with Crippen LogP contribution in [0.1, 0.15) is 36.5 Å². The van der Waals surface area contributed by atoms with Crippen molar-refractivity contribution in [3.05, 3.63) is 81.3 Å². The van der Waals surface area contributed by atoms with Crippen LogP contribution in [0.2, 0.25) is 0 Å². The molecule has 0 aliphatic carbocycles. The molecule has 1 amide bonds. The number of rotatable bonds is 5. The zero-order valence-corrected chi connectivity index (χ0v) is 18.9. The van der Waals surface area contributed by atoms with E-state index in [0.717, 1.165) is 37.1 Å². The first-order valence-corrected chi connectivity index (χ1v) is 11.2. The Bertz CT molecular complexity index is 1300. The average molecular weight is 442 g/mol. The molecule has 0 radical (unpaired) electrons. The van der Waals surface area contributed by atoms with Gasteiger partial charge in [0.25, 0.3) is 11.5 Å². The Kier molecular flexibility index (Phi) is 6.55. The number of carbonyl (C=O) groups is 1. The lowest BCUT2D eigenvalue weighted by Crippen LogP contribution is -2.37. The van der Waals surface area contributed by atoms with Gasteiger partial charge < -0.3 is 10.2 Å². The largest absolute Gasteiger partial charge is 0.356 e. The number of pyridine rings is 1. The van der Waals surface area contributed by atoms with Crippen molar-refractivity contribution in [2.45, 2.75) is 33.2 Å². The van der Waals surface area contributed by atoms with Crippen LogP contribution < -0.4 is 15.8 Å². The molecule has 0 bridgehead atoms. The maximum atomic E-state index is 13.5.